The molecule has 0 aliphatic carbocycles. The second-order valence-electron chi connectivity index (χ2n) is 2.86. The van der Waals surface area contributed by atoms with Crippen LogP contribution in [0.4, 0.5) is 0 Å². The lowest BCUT2D eigenvalue weighted by molar-refractivity contribution is -0.120. The third kappa shape index (κ3) is 7.09. The van der Waals surface area contributed by atoms with Crippen LogP contribution in [0.3, 0.4) is 0 Å². The van der Waals surface area contributed by atoms with Gasteiger partial charge in [-0.3, -0.25) is 4.79 Å². The summed E-state index contributed by atoms with van der Waals surface area (Å²) < 4.78 is 5.24. The zero-order valence-corrected chi connectivity index (χ0v) is 10.2. The Morgan fingerprint density at radius 1 is 1.64 bits per heavy atom. The van der Waals surface area contributed by atoms with Crippen molar-refractivity contribution in [2.24, 2.45) is 0 Å². The van der Waals surface area contributed by atoms with Crippen molar-refractivity contribution in [1.82, 2.24) is 5.32 Å². The van der Waals surface area contributed by atoms with Gasteiger partial charge in [0, 0.05) is 6.54 Å². The van der Waals surface area contributed by atoms with Crippen LogP contribution in [-0.2, 0) is 9.53 Å². The van der Waals surface area contributed by atoms with Crippen LogP contribution in [0.5, 0.6) is 0 Å². The molecule has 1 amide bonds. The van der Waals surface area contributed by atoms with E-state index in [1.807, 2.05) is 13.0 Å². The van der Waals surface area contributed by atoms with Crippen molar-refractivity contribution in [3.8, 4) is 0 Å². The van der Waals surface area contributed by atoms with Gasteiger partial charge in [0.2, 0.25) is 5.91 Å². The molecule has 0 radical (unpaired) electrons. The third-order valence-electron chi connectivity index (χ3n) is 1.65. The van der Waals surface area contributed by atoms with Crippen LogP contribution in [0.25, 0.3) is 0 Å². The second kappa shape index (κ2) is 9.21. The molecule has 1 atom stereocenters. The Balaban J connectivity index is 3.27. The second-order valence-corrected chi connectivity index (χ2v) is 3.96. The lowest BCUT2D eigenvalue weighted by Crippen LogP contribution is -2.33. The largest absolute Gasteiger partial charge is 0.379 e. The van der Waals surface area contributed by atoms with E-state index in [0.29, 0.717) is 19.8 Å². The molecule has 0 aliphatic heterocycles. The number of nitrogens with one attached hydrogen (secondary N) is 1. The third-order valence-corrected chi connectivity index (χ3v) is 2.72. The summed E-state index contributed by atoms with van der Waals surface area (Å²) in [5.74, 6) is 0.0276. The van der Waals surface area contributed by atoms with Crippen LogP contribution < -0.4 is 5.32 Å². The van der Waals surface area contributed by atoms with Crippen molar-refractivity contribution in [3.63, 3.8) is 0 Å². The van der Waals surface area contributed by atoms with E-state index in [1.54, 1.807) is 0 Å². The molecule has 4 heteroatoms. The molecular formula is C10H18BrNO2. The van der Waals surface area contributed by atoms with Crippen LogP contribution in [0.1, 0.15) is 19.8 Å². The van der Waals surface area contributed by atoms with E-state index in [2.05, 4.69) is 27.8 Å². The van der Waals surface area contributed by atoms with Gasteiger partial charge in [0.1, 0.15) is 0 Å². The molecule has 0 rings (SSSR count). The van der Waals surface area contributed by atoms with Gasteiger partial charge >= 0.3 is 0 Å². The van der Waals surface area contributed by atoms with E-state index >= 15 is 0 Å². The quantitative estimate of drug-likeness (QED) is 0.413. The molecule has 0 aromatic heterocycles. The van der Waals surface area contributed by atoms with Crippen LogP contribution in [0.15, 0.2) is 12.7 Å². The van der Waals surface area contributed by atoms with Crippen molar-refractivity contribution in [3.05, 3.63) is 12.7 Å². The van der Waals surface area contributed by atoms with Crippen molar-refractivity contribution < 1.29 is 9.53 Å². The first kappa shape index (κ1) is 13.7. The molecule has 0 bridgehead atoms. The van der Waals surface area contributed by atoms with Crippen LogP contribution >= 0.6 is 15.9 Å². The molecule has 0 heterocycles. The predicted molar refractivity (Wildman–Crippen MR) is 61.6 cm³/mol. The van der Waals surface area contributed by atoms with Gasteiger partial charge in [-0.2, -0.15) is 0 Å². The summed E-state index contributed by atoms with van der Waals surface area (Å²) in [4.78, 5) is 11.1. The number of hydrogen-bond acceptors (Lipinski definition) is 2. The average Bonchev–Trinajstić information content (AvgIpc) is 2.21. The SMILES string of the molecule is C=CCCOCCNC(=O)C(Br)CC. The summed E-state index contributed by atoms with van der Waals surface area (Å²) in [7, 11) is 0. The maximum atomic E-state index is 11.2. The molecule has 1 unspecified atom stereocenters. The number of carbonyl (C=O) groups is 1. The molecule has 0 fully saturated rings. The molecule has 0 saturated heterocycles. The first-order valence-electron chi connectivity index (χ1n) is 4.82. The molecule has 0 aromatic rings. The molecular weight excluding hydrogens is 246 g/mol. The van der Waals surface area contributed by atoms with E-state index < -0.39 is 0 Å². The zero-order chi connectivity index (χ0) is 10.8. The Bertz CT molecular complexity index is 174. The minimum Gasteiger partial charge on any atom is -0.379 e. The summed E-state index contributed by atoms with van der Waals surface area (Å²) in [6, 6.07) is 0. The van der Waals surface area contributed by atoms with Gasteiger partial charge in [-0.1, -0.05) is 28.9 Å². The number of halogens is 1. The number of rotatable bonds is 8. The Morgan fingerprint density at radius 3 is 2.93 bits per heavy atom. The molecule has 1 N–H and O–H groups in total. The molecule has 0 aliphatic rings. The highest BCUT2D eigenvalue weighted by atomic mass is 79.9. The Labute approximate surface area is 94.0 Å². The smallest absolute Gasteiger partial charge is 0.233 e. The first-order chi connectivity index (χ1) is 6.72. The Morgan fingerprint density at radius 2 is 2.36 bits per heavy atom. The Kier molecular flexibility index (Phi) is 8.98. The highest BCUT2D eigenvalue weighted by molar-refractivity contribution is 9.10. The number of hydrogen-bond donors (Lipinski definition) is 1. The topological polar surface area (TPSA) is 38.3 Å². The van der Waals surface area contributed by atoms with Gasteiger partial charge in [-0.05, 0) is 12.8 Å². The highest BCUT2D eigenvalue weighted by Gasteiger charge is 2.10. The minimum atomic E-state index is -0.0873. The number of carbonyl (C=O) groups excluding carboxylic acids is 1. The highest BCUT2D eigenvalue weighted by Crippen LogP contribution is 2.02. The molecule has 0 saturated carbocycles. The normalized spacial score (nSPS) is 12.1. The predicted octanol–water partition coefficient (Wildman–Crippen LogP) is 1.87. The van der Waals surface area contributed by atoms with E-state index in [-0.39, 0.29) is 10.7 Å². The summed E-state index contributed by atoms with van der Waals surface area (Å²) in [6.07, 6.45) is 3.46. The number of amides is 1. The summed E-state index contributed by atoms with van der Waals surface area (Å²) in [6.45, 7) is 7.34. The van der Waals surface area contributed by atoms with Gasteiger partial charge in [0.05, 0.1) is 18.0 Å². The number of ether oxygens (including phenoxy) is 1. The fourth-order valence-electron chi connectivity index (χ4n) is 0.811. The molecule has 3 nitrogen and oxygen atoms in total. The van der Waals surface area contributed by atoms with Gasteiger partial charge < -0.3 is 10.1 Å². The molecule has 0 aromatic carbocycles. The van der Waals surface area contributed by atoms with E-state index in [4.69, 9.17) is 4.74 Å². The van der Waals surface area contributed by atoms with Crippen LogP contribution in [0, 0.1) is 0 Å². The maximum absolute atomic E-state index is 11.2. The van der Waals surface area contributed by atoms with Crippen molar-refractivity contribution in [2.75, 3.05) is 19.8 Å². The average molecular weight is 264 g/mol. The standard InChI is InChI=1S/C10H18BrNO2/c1-3-5-7-14-8-6-12-10(13)9(11)4-2/h3,9H,1,4-8H2,2H3,(H,12,13). The minimum absolute atomic E-state index is 0.0276. The molecule has 14 heavy (non-hydrogen) atoms. The van der Waals surface area contributed by atoms with Gasteiger partial charge in [-0.15, -0.1) is 6.58 Å². The lowest BCUT2D eigenvalue weighted by Gasteiger charge is -2.08. The Hall–Kier alpha value is -0.350. The van der Waals surface area contributed by atoms with Crippen LogP contribution in [0.2, 0.25) is 0 Å². The number of alkyl halides is 1. The van der Waals surface area contributed by atoms with E-state index in [9.17, 15) is 4.79 Å². The van der Waals surface area contributed by atoms with Gasteiger partial charge in [0.25, 0.3) is 0 Å². The van der Waals surface area contributed by atoms with Gasteiger partial charge in [-0.25, -0.2) is 0 Å². The summed E-state index contributed by atoms with van der Waals surface area (Å²) in [5, 5.41) is 2.77. The van der Waals surface area contributed by atoms with Crippen molar-refractivity contribution in [2.45, 2.75) is 24.6 Å². The van der Waals surface area contributed by atoms with Crippen molar-refractivity contribution >= 4 is 21.8 Å². The van der Waals surface area contributed by atoms with Crippen molar-refractivity contribution in [1.29, 1.82) is 0 Å². The van der Waals surface area contributed by atoms with E-state index in [0.717, 1.165) is 12.8 Å². The molecule has 82 valence electrons. The monoisotopic (exact) mass is 263 g/mol. The lowest BCUT2D eigenvalue weighted by atomic mass is 10.3. The summed E-state index contributed by atoms with van der Waals surface area (Å²) in [5.41, 5.74) is 0. The fourth-order valence-corrected chi connectivity index (χ4v) is 0.973. The zero-order valence-electron chi connectivity index (χ0n) is 8.59. The maximum Gasteiger partial charge on any atom is 0.233 e. The van der Waals surface area contributed by atoms with E-state index in [1.165, 1.54) is 0 Å². The summed E-state index contributed by atoms with van der Waals surface area (Å²) >= 11 is 3.27. The van der Waals surface area contributed by atoms with Gasteiger partial charge in [0.15, 0.2) is 0 Å². The fraction of sp³-hybridized carbons (Fsp3) is 0.700. The molecule has 0 spiro atoms. The van der Waals surface area contributed by atoms with Crippen LogP contribution in [-0.4, -0.2) is 30.5 Å². The first-order valence-corrected chi connectivity index (χ1v) is 5.74.